The lowest BCUT2D eigenvalue weighted by molar-refractivity contribution is -0.141. The van der Waals surface area contributed by atoms with E-state index in [-0.39, 0.29) is 11.9 Å². The first-order valence-corrected chi connectivity index (χ1v) is 4.78. The molecule has 4 heteroatoms. The maximum atomic E-state index is 10.3. The highest BCUT2D eigenvalue weighted by atomic mass is 16.5. The summed E-state index contributed by atoms with van der Waals surface area (Å²) >= 11 is 0. The van der Waals surface area contributed by atoms with Crippen LogP contribution in [0.3, 0.4) is 0 Å². The van der Waals surface area contributed by atoms with Crippen molar-refractivity contribution in [3.05, 3.63) is 0 Å². The number of carbonyl (C=O) groups excluding carboxylic acids is 2. The Morgan fingerprint density at radius 2 is 1.79 bits per heavy atom. The molecule has 0 atom stereocenters. The maximum Gasteiger partial charge on any atom is 0.305 e. The molecule has 0 amide bonds. The first kappa shape index (κ1) is 15.4. The Bertz CT molecular complexity index is 154. The molecule has 0 radical (unpaired) electrons. The molecule has 0 aliphatic carbocycles. The molecule has 0 aromatic carbocycles. The Hall–Kier alpha value is -1.06. The fourth-order valence-electron chi connectivity index (χ4n) is 0.626. The SMILES string of the molecule is CCCCC(=O)OC.CCOC(C)=O. The van der Waals surface area contributed by atoms with Gasteiger partial charge in [-0.15, -0.1) is 0 Å². The number of methoxy groups -OCH3 is 1. The summed E-state index contributed by atoms with van der Waals surface area (Å²) in [4.78, 5) is 20.2. The zero-order valence-corrected chi connectivity index (χ0v) is 9.46. The van der Waals surface area contributed by atoms with E-state index < -0.39 is 0 Å². The standard InChI is InChI=1S/C6H12O2.C4H8O2/c1-3-4-5-6(7)8-2;1-3-6-4(2)5/h3-5H2,1-2H3;3H2,1-2H3. The molecule has 0 bridgehead atoms. The lowest BCUT2D eigenvalue weighted by Crippen LogP contribution is -1.98. The number of carbonyl (C=O) groups is 2. The van der Waals surface area contributed by atoms with Gasteiger partial charge in [0.15, 0.2) is 0 Å². The van der Waals surface area contributed by atoms with E-state index in [9.17, 15) is 9.59 Å². The Morgan fingerprint density at radius 1 is 1.21 bits per heavy atom. The predicted molar refractivity (Wildman–Crippen MR) is 53.8 cm³/mol. The monoisotopic (exact) mass is 204 g/mol. The summed E-state index contributed by atoms with van der Waals surface area (Å²) in [6, 6.07) is 0. The molecule has 0 heterocycles. The molecule has 0 aromatic heterocycles. The zero-order chi connectivity index (χ0) is 11.4. The number of unbranched alkanes of at least 4 members (excludes halogenated alkanes) is 1. The molecule has 0 aliphatic rings. The summed E-state index contributed by atoms with van der Waals surface area (Å²) in [6.45, 7) is 5.70. The van der Waals surface area contributed by atoms with E-state index in [1.165, 1.54) is 14.0 Å². The summed E-state index contributed by atoms with van der Waals surface area (Å²) in [5.41, 5.74) is 0. The quantitative estimate of drug-likeness (QED) is 0.656. The van der Waals surface area contributed by atoms with Crippen molar-refractivity contribution >= 4 is 11.9 Å². The van der Waals surface area contributed by atoms with Crippen LogP contribution in [-0.4, -0.2) is 25.7 Å². The normalized spacial score (nSPS) is 8.29. The molecule has 0 fully saturated rings. The van der Waals surface area contributed by atoms with Gasteiger partial charge in [-0.25, -0.2) is 0 Å². The van der Waals surface area contributed by atoms with Gasteiger partial charge in [-0.2, -0.15) is 0 Å². The van der Waals surface area contributed by atoms with Crippen LogP contribution in [0.5, 0.6) is 0 Å². The molecule has 0 saturated heterocycles. The van der Waals surface area contributed by atoms with Crippen LogP contribution in [0.1, 0.15) is 40.0 Å². The van der Waals surface area contributed by atoms with Gasteiger partial charge >= 0.3 is 11.9 Å². The van der Waals surface area contributed by atoms with Crippen molar-refractivity contribution in [1.29, 1.82) is 0 Å². The van der Waals surface area contributed by atoms with E-state index >= 15 is 0 Å². The molecule has 0 N–H and O–H groups in total. The summed E-state index contributed by atoms with van der Waals surface area (Å²) in [5, 5.41) is 0. The van der Waals surface area contributed by atoms with Crippen molar-refractivity contribution < 1.29 is 19.1 Å². The summed E-state index contributed by atoms with van der Waals surface area (Å²) in [7, 11) is 1.41. The largest absolute Gasteiger partial charge is 0.469 e. The van der Waals surface area contributed by atoms with Crippen molar-refractivity contribution in [3.63, 3.8) is 0 Å². The maximum absolute atomic E-state index is 10.3. The van der Waals surface area contributed by atoms with E-state index in [0.29, 0.717) is 13.0 Å². The number of esters is 2. The number of ether oxygens (including phenoxy) is 2. The molecular weight excluding hydrogens is 184 g/mol. The minimum absolute atomic E-state index is 0.105. The minimum Gasteiger partial charge on any atom is -0.469 e. The molecule has 0 unspecified atom stereocenters. The van der Waals surface area contributed by atoms with Crippen LogP contribution in [-0.2, 0) is 19.1 Å². The first-order valence-electron chi connectivity index (χ1n) is 4.78. The molecular formula is C10H20O4. The van der Waals surface area contributed by atoms with E-state index in [1.54, 1.807) is 6.92 Å². The molecule has 4 nitrogen and oxygen atoms in total. The second-order valence-corrected chi connectivity index (χ2v) is 2.60. The van der Waals surface area contributed by atoms with Crippen LogP contribution < -0.4 is 0 Å². The second kappa shape index (κ2) is 11.9. The Labute approximate surface area is 85.6 Å². The lowest BCUT2D eigenvalue weighted by atomic mass is 10.3. The Kier molecular flexibility index (Phi) is 13.1. The predicted octanol–water partition coefficient (Wildman–Crippen LogP) is 1.92. The molecule has 84 valence electrons. The number of rotatable bonds is 4. The van der Waals surface area contributed by atoms with Crippen molar-refractivity contribution in [2.75, 3.05) is 13.7 Å². The molecule has 0 saturated carbocycles. The minimum atomic E-state index is -0.211. The number of hydrogen-bond donors (Lipinski definition) is 0. The Balaban J connectivity index is 0. The fourth-order valence-corrected chi connectivity index (χ4v) is 0.626. The van der Waals surface area contributed by atoms with Gasteiger partial charge in [0, 0.05) is 13.3 Å². The van der Waals surface area contributed by atoms with Crippen LogP contribution in [0, 0.1) is 0 Å². The van der Waals surface area contributed by atoms with Crippen molar-refractivity contribution in [1.82, 2.24) is 0 Å². The fraction of sp³-hybridized carbons (Fsp3) is 0.800. The highest BCUT2D eigenvalue weighted by Gasteiger charge is 1.95. The molecule has 0 aromatic rings. The van der Waals surface area contributed by atoms with Gasteiger partial charge in [0.1, 0.15) is 0 Å². The van der Waals surface area contributed by atoms with Gasteiger partial charge in [-0.3, -0.25) is 9.59 Å². The average Bonchev–Trinajstić information content (AvgIpc) is 2.15. The summed E-state index contributed by atoms with van der Waals surface area (Å²) < 4.78 is 8.82. The van der Waals surface area contributed by atoms with E-state index in [1.807, 2.05) is 6.92 Å². The van der Waals surface area contributed by atoms with Crippen LogP contribution in [0.25, 0.3) is 0 Å². The topological polar surface area (TPSA) is 52.6 Å². The van der Waals surface area contributed by atoms with E-state index in [4.69, 9.17) is 0 Å². The average molecular weight is 204 g/mol. The van der Waals surface area contributed by atoms with Gasteiger partial charge in [0.2, 0.25) is 0 Å². The van der Waals surface area contributed by atoms with Crippen LogP contribution >= 0.6 is 0 Å². The van der Waals surface area contributed by atoms with E-state index in [0.717, 1.165) is 12.8 Å². The third-order valence-electron chi connectivity index (χ3n) is 1.31. The van der Waals surface area contributed by atoms with Gasteiger partial charge in [-0.1, -0.05) is 13.3 Å². The molecule has 0 rings (SSSR count). The molecule has 0 spiro atoms. The van der Waals surface area contributed by atoms with Gasteiger partial charge < -0.3 is 9.47 Å². The van der Waals surface area contributed by atoms with Gasteiger partial charge in [0.05, 0.1) is 13.7 Å². The van der Waals surface area contributed by atoms with Gasteiger partial charge in [0.25, 0.3) is 0 Å². The summed E-state index contributed by atoms with van der Waals surface area (Å²) in [5.74, 6) is -0.315. The van der Waals surface area contributed by atoms with Crippen LogP contribution in [0.15, 0.2) is 0 Å². The smallest absolute Gasteiger partial charge is 0.305 e. The van der Waals surface area contributed by atoms with Crippen LogP contribution in [0.2, 0.25) is 0 Å². The Morgan fingerprint density at radius 3 is 2.00 bits per heavy atom. The summed E-state index contributed by atoms with van der Waals surface area (Å²) in [6.07, 6.45) is 2.55. The van der Waals surface area contributed by atoms with Crippen molar-refractivity contribution in [3.8, 4) is 0 Å². The first-order chi connectivity index (χ1) is 6.58. The third kappa shape index (κ3) is 17.1. The van der Waals surface area contributed by atoms with Gasteiger partial charge in [-0.05, 0) is 13.3 Å². The molecule has 14 heavy (non-hydrogen) atoms. The highest BCUT2D eigenvalue weighted by molar-refractivity contribution is 5.68. The van der Waals surface area contributed by atoms with Crippen LogP contribution in [0.4, 0.5) is 0 Å². The van der Waals surface area contributed by atoms with E-state index in [2.05, 4.69) is 9.47 Å². The third-order valence-corrected chi connectivity index (χ3v) is 1.31. The second-order valence-electron chi connectivity index (χ2n) is 2.60. The highest BCUT2D eigenvalue weighted by Crippen LogP contribution is 1.94. The lowest BCUT2D eigenvalue weighted by Gasteiger charge is -1.93. The zero-order valence-electron chi connectivity index (χ0n) is 9.46. The van der Waals surface area contributed by atoms with Crippen molar-refractivity contribution in [2.45, 2.75) is 40.0 Å². The molecule has 0 aliphatic heterocycles. The van der Waals surface area contributed by atoms with Crippen molar-refractivity contribution in [2.24, 2.45) is 0 Å². The number of hydrogen-bond acceptors (Lipinski definition) is 4.